The van der Waals surface area contributed by atoms with Crippen molar-refractivity contribution in [2.75, 3.05) is 52.7 Å². The first-order chi connectivity index (χ1) is 9.43. The van der Waals surface area contributed by atoms with Crippen molar-refractivity contribution < 1.29 is 14.6 Å². The minimum absolute atomic E-state index is 0.101. The molecule has 4 nitrogen and oxygen atoms in total. The third kappa shape index (κ3) is 12.2. The van der Waals surface area contributed by atoms with Crippen molar-refractivity contribution in [1.82, 2.24) is 4.90 Å². The van der Waals surface area contributed by atoms with Gasteiger partial charge in [-0.15, -0.1) is 0 Å². The number of nitrogens with zero attached hydrogens (tertiary/aromatic N) is 1. The van der Waals surface area contributed by atoms with Gasteiger partial charge in [0.05, 0.1) is 19.8 Å². The van der Waals surface area contributed by atoms with Crippen molar-refractivity contribution in [3.8, 4) is 11.8 Å². The first-order valence-electron chi connectivity index (χ1n) is 7.38. The second-order valence-corrected chi connectivity index (χ2v) is 4.08. The molecule has 0 atom stereocenters. The van der Waals surface area contributed by atoms with Crippen LogP contribution in [0.2, 0.25) is 0 Å². The van der Waals surface area contributed by atoms with E-state index in [9.17, 15) is 0 Å². The summed E-state index contributed by atoms with van der Waals surface area (Å²) in [7, 11) is 0. The molecule has 0 aromatic heterocycles. The number of aliphatic hydroxyl groups excluding tert-OH is 1. The van der Waals surface area contributed by atoms with Gasteiger partial charge in [0.25, 0.3) is 0 Å². The molecule has 19 heavy (non-hydrogen) atoms. The van der Waals surface area contributed by atoms with Crippen molar-refractivity contribution in [2.45, 2.75) is 33.1 Å². The van der Waals surface area contributed by atoms with E-state index in [0.717, 1.165) is 13.2 Å². The topological polar surface area (TPSA) is 41.9 Å². The van der Waals surface area contributed by atoms with E-state index in [-0.39, 0.29) is 6.61 Å². The standard InChI is InChI=1S/C13H23NO3.C2H6/c15-9-4-5-10-16-12-13-17-11-8-14-6-2-1-3-7-14;1-2/h15H,1-3,6-13H2;1-2H3. The Morgan fingerprint density at radius 1 is 0.947 bits per heavy atom. The van der Waals surface area contributed by atoms with Crippen LogP contribution in [0, 0.1) is 11.8 Å². The second-order valence-electron chi connectivity index (χ2n) is 4.08. The minimum Gasteiger partial charge on any atom is -0.384 e. The van der Waals surface area contributed by atoms with E-state index in [4.69, 9.17) is 14.6 Å². The molecule has 0 spiro atoms. The van der Waals surface area contributed by atoms with Crippen LogP contribution in [-0.4, -0.2) is 62.7 Å². The fourth-order valence-electron chi connectivity index (χ4n) is 1.83. The first-order valence-corrected chi connectivity index (χ1v) is 7.38. The van der Waals surface area contributed by atoms with Crippen LogP contribution in [0.4, 0.5) is 0 Å². The summed E-state index contributed by atoms with van der Waals surface area (Å²) in [4.78, 5) is 2.46. The predicted octanol–water partition coefficient (Wildman–Crippen LogP) is 1.53. The predicted molar refractivity (Wildman–Crippen MR) is 78.1 cm³/mol. The first kappa shape index (κ1) is 18.4. The van der Waals surface area contributed by atoms with Crippen molar-refractivity contribution >= 4 is 0 Å². The van der Waals surface area contributed by atoms with Crippen LogP contribution in [0.15, 0.2) is 0 Å². The van der Waals surface area contributed by atoms with Crippen LogP contribution in [0.1, 0.15) is 33.1 Å². The van der Waals surface area contributed by atoms with E-state index in [0.29, 0.717) is 19.8 Å². The molecule has 0 saturated carbocycles. The fourth-order valence-corrected chi connectivity index (χ4v) is 1.83. The molecule has 1 fully saturated rings. The van der Waals surface area contributed by atoms with Gasteiger partial charge in [-0.2, -0.15) is 0 Å². The van der Waals surface area contributed by atoms with Crippen LogP contribution < -0.4 is 0 Å². The Morgan fingerprint density at radius 2 is 1.63 bits per heavy atom. The summed E-state index contributed by atoms with van der Waals surface area (Å²) in [6, 6.07) is 0. The SMILES string of the molecule is CC.OCC#CCOCCOCCN1CCCCC1. The van der Waals surface area contributed by atoms with Gasteiger partial charge in [-0.3, -0.25) is 0 Å². The lowest BCUT2D eigenvalue weighted by Gasteiger charge is -2.26. The molecule has 1 aliphatic heterocycles. The molecular weight excluding hydrogens is 242 g/mol. The molecule has 0 unspecified atom stereocenters. The summed E-state index contributed by atoms with van der Waals surface area (Å²) >= 11 is 0. The Balaban J connectivity index is 0.00000154. The van der Waals surface area contributed by atoms with E-state index in [1.165, 1.54) is 32.4 Å². The van der Waals surface area contributed by atoms with E-state index < -0.39 is 0 Å². The van der Waals surface area contributed by atoms with Crippen LogP contribution in [0.5, 0.6) is 0 Å². The van der Waals surface area contributed by atoms with Crippen molar-refractivity contribution in [2.24, 2.45) is 0 Å². The molecule has 0 aromatic rings. The zero-order valence-corrected chi connectivity index (χ0v) is 12.5. The van der Waals surface area contributed by atoms with Crippen LogP contribution in [0.3, 0.4) is 0 Å². The molecule has 1 N–H and O–H groups in total. The lowest BCUT2D eigenvalue weighted by Crippen LogP contribution is -2.32. The molecule has 112 valence electrons. The van der Waals surface area contributed by atoms with Crippen molar-refractivity contribution in [3.05, 3.63) is 0 Å². The van der Waals surface area contributed by atoms with Gasteiger partial charge in [0, 0.05) is 6.54 Å². The number of likely N-dealkylation sites (tertiary alicyclic amines) is 1. The minimum atomic E-state index is -0.101. The van der Waals surface area contributed by atoms with E-state index in [1.54, 1.807) is 0 Å². The summed E-state index contributed by atoms with van der Waals surface area (Å²) in [6.45, 7) is 9.71. The van der Waals surface area contributed by atoms with Crippen LogP contribution in [-0.2, 0) is 9.47 Å². The average molecular weight is 271 g/mol. The van der Waals surface area contributed by atoms with Gasteiger partial charge in [-0.1, -0.05) is 32.1 Å². The summed E-state index contributed by atoms with van der Waals surface area (Å²) < 4.78 is 10.7. The molecule has 0 aliphatic carbocycles. The highest BCUT2D eigenvalue weighted by Gasteiger charge is 2.08. The molecule has 0 aromatic carbocycles. The number of hydrogen-bond donors (Lipinski definition) is 1. The maximum Gasteiger partial charge on any atom is 0.107 e. The third-order valence-electron chi connectivity index (χ3n) is 2.75. The highest BCUT2D eigenvalue weighted by molar-refractivity contribution is 4.98. The number of piperidine rings is 1. The van der Waals surface area contributed by atoms with Crippen molar-refractivity contribution in [1.29, 1.82) is 0 Å². The Morgan fingerprint density at radius 3 is 2.32 bits per heavy atom. The maximum absolute atomic E-state index is 8.40. The van der Waals surface area contributed by atoms with Gasteiger partial charge >= 0.3 is 0 Å². The Labute approximate surface area is 118 Å². The highest BCUT2D eigenvalue weighted by atomic mass is 16.5. The molecule has 0 radical (unpaired) electrons. The zero-order valence-electron chi connectivity index (χ0n) is 12.5. The normalized spacial score (nSPS) is 15.1. The quantitative estimate of drug-likeness (QED) is 0.563. The number of aliphatic hydroxyl groups is 1. The third-order valence-corrected chi connectivity index (χ3v) is 2.75. The zero-order chi connectivity index (χ0) is 14.2. The molecule has 1 rings (SSSR count). The highest BCUT2D eigenvalue weighted by Crippen LogP contribution is 2.07. The van der Waals surface area contributed by atoms with E-state index >= 15 is 0 Å². The van der Waals surface area contributed by atoms with Gasteiger partial charge in [-0.25, -0.2) is 0 Å². The van der Waals surface area contributed by atoms with E-state index in [2.05, 4.69) is 16.7 Å². The second kappa shape index (κ2) is 15.5. The Kier molecular flexibility index (Phi) is 15.0. The molecule has 4 heteroatoms. The van der Waals surface area contributed by atoms with Gasteiger partial charge < -0.3 is 19.5 Å². The summed E-state index contributed by atoms with van der Waals surface area (Å²) in [6.07, 6.45) is 4.03. The molecule has 0 bridgehead atoms. The average Bonchev–Trinajstić information content (AvgIpc) is 2.49. The molecule has 1 saturated heterocycles. The molecule has 1 heterocycles. The largest absolute Gasteiger partial charge is 0.384 e. The molecule has 1 aliphatic rings. The van der Waals surface area contributed by atoms with Crippen molar-refractivity contribution in [3.63, 3.8) is 0 Å². The lowest BCUT2D eigenvalue weighted by molar-refractivity contribution is 0.0463. The Bertz CT molecular complexity index is 229. The summed E-state index contributed by atoms with van der Waals surface area (Å²) in [5, 5.41) is 8.40. The Hall–Kier alpha value is -0.600. The summed E-state index contributed by atoms with van der Waals surface area (Å²) in [5.74, 6) is 5.22. The number of hydrogen-bond acceptors (Lipinski definition) is 4. The van der Waals surface area contributed by atoms with Gasteiger partial charge in [0.2, 0.25) is 0 Å². The number of ether oxygens (including phenoxy) is 2. The molecule has 0 amide bonds. The monoisotopic (exact) mass is 271 g/mol. The smallest absolute Gasteiger partial charge is 0.107 e. The lowest BCUT2D eigenvalue weighted by atomic mass is 10.1. The van der Waals surface area contributed by atoms with Crippen LogP contribution in [0.25, 0.3) is 0 Å². The van der Waals surface area contributed by atoms with Crippen LogP contribution >= 0.6 is 0 Å². The van der Waals surface area contributed by atoms with Gasteiger partial charge in [0.1, 0.15) is 13.2 Å². The fraction of sp³-hybridized carbons (Fsp3) is 0.867. The summed E-state index contributed by atoms with van der Waals surface area (Å²) in [5.41, 5.74) is 0. The van der Waals surface area contributed by atoms with Gasteiger partial charge in [-0.05, 0) is 25.9 Å². The van der Waals surface area contributed by atoms with Gasteiger partial charge in [0.15, 0.2) is 0 Å². The molecular formula is C15H29NO3. The van der Waals surface area contributed by atoms with E-state index in [1.807, 2.05) is 13.8 Å². The maximum atomic E-state index is 8.40. The number of rotatable bonds is 7.